The first-order chi connectivity index (χ1) is 9.47. The third-order valence-electron chi connectivity index (χ3n) is 2.67. The Kier molecular flexibility index (Phi) is 5.78. The molecule has 0 spiro atoms. The van der Waals surface area contributed by atoms with Gasteiger partial charge in [-0.2, -0.15) is 0 Å². The van der Waals surface area contributed by atoms with Crippen molar-refractivity contribution in [2.75, 3.05) is 0 Å². The quantitative estimate of drug-likeness (QED) is 0.260. The maximum absolute atomic E-state index is 12.8. The Hall–Kier alpha value is 0.200. The van der Waals surface area contributed by atoms with E-state index < -0.39 is 0 Å². The summed E-state index contributed by atoms with van der Waals surface area (Å²) in [7, 11) is 0. The molecule has 102 valence electrons. The lowest BCUT2D eigenvalue weighted by Gasteiger charge is -2.10. The maximum atomic E-state index is 12.8. The average molecular weight is 620 g/mol. The van der Waals surface area contributed by atoms with Gasteiger partial charge in [0.15, 0.2) is 12.1 Å². The lowest BCUT2D eigenvalue weighted by atomic mass is 10.0. The highest BCUT2D eigenvalue weighted by Gasteiger charge is 2.21. The highest BCUT2D eigenvalue weighted by atomic mass is 127. The fraction of sp³-hybridized carbons (Fsp3) is 0. The number of carbonyl (C=O) groups is 2. The second kappa shape index (κ2) is 6.97. The van der Waals surface area contributed by atoms with Crippen LogP contribution in [0.1, 0.15) is 26.3 Å². The fourth-order valence-electron chi connectivity index (χ4n) is 1.68. The van der Waals surface area contributed by atoms with Crippen molar-refractivity contribution in [3.63, 3.8) is 0 Å². The molecule has 20 heavy (non-hydrogen) atoms. The number of aldehydes is 1. The minimum Gasteiger partial charge on any atom is -0.298 e. The first-order valence-corrected chi connectivity index (χ1v) is 9.13. The SMILES string of the molecule is O=Cc1ccc(I)c(C(=O)c2cccc(Br)c2Br)c1I. The van der Waals surface area contributed by atoms with Crippen LogP contribution in [0.25, 0.3) is 0 Å². The van der Waals surface area contributed by atoms with Crippen molar-refractivity contribution in [1.29, 1.82) is 0 Å². The molecule has 0 fully saturated rings. The lowest BCUT2D eigenvalue weighted by Crippen LogP contribution is -2.09. The Morgan fingerprint density at radius 2 is 1.80 bits per heavy atom. The molecule has 2 rings (SSSR count). The van der Waals surface area contributed by atoms with E-state index in [1.54, 1.807) is 18.2 Å². The van der Waals surface area contributed by atoms with E-state index in [9.17, 15) is 9.59 Å². The smallest absolute Gasteiger partial charge is 0.196 e. The van der Waals surface area contributed by atoms with Gasteiger partial charge in [-0.25, -0.2) is 0 Å². The van der Waals surface area contributed by atoms with Crippen molar-refractivity contribution < 1.29 is 9.59 Å². The molecule has 2 aromatic rings. The van der Waals surface area contributed by atoms with Crippen molar-refractivity contribution in [3.8, 4) is 0 Å². The van der Waals surface area contributed by atoms with Crippen molar-refractivity contribution in [1.82, 2.24) is 0 Å². The van der Waals surface area contributed by atoms with E-state index in [-0.39, 0.29) is 5.78 Å². The van der Waals surface area contributed by atoms with Gasteiger partial charge in [0.05, 0.1) is 0 Å². The van der Waals surface area contributed by atoms with Gasteiger partial charge in [0, 0.05) is 32.8 Å². The van der Waals surface area contributed by atoms with Crippen LogP contribution in [0.15, 0.2) is 39.3 Å². The van der Waals surface area contributed by atoms with E-state index in [1.165, 1.54) is 0 Å². The molecule has 0 unspecified atom stereocenters. The van der Waals surface area contributed by atoms with Gasteiger partial charge in [-0.05, 0) is 101 Å². The summed E-state index contributed by atoms with van der Waals surface area (Å²) < 4.78 is 3.05. The van der Waals surface area contributed by atoms with Crippen LogP contribution in [0, 0.1) is 7.14 Å². The summed E-state index contributed by atoms with van der Waals surface area (Å²) in [6, 6.07) is 8.94. The number of halogens is 4. The third-order valence-corrected chi connectivity index (χ3v) is 6.78. The first-order valence-electron chi connectivity index (χ1n) is 5.39. The summed E-state index contributed by atoms with van der Waals surface area (Å²) in [5.41, 5.74) is 1.66. The summed E-state index contributed by atoms with van der Waals surface area (Å²) in [5, 5.41) is 0. The Morgan fingerprint density at radius 1 is 1.10 bits per heavy atom. The zero-order valence-electron chi connectivity index (χ0n) is 9.79. The summed E-state index contributed by atoms with van der Waals surface area (Å²) in [5.74, 6) is -0.101. The Balaban J connectivity index is 2.65. The van der Waals surface area contributed by atoms with Crippen LogP contribution in [-0.4, -0.2) is 12.1 Å². The summed E-state index contributed by atoms with van der Waals surface area (Å²) >= 11 is 11.0. The highest BCUT2D eigenvalue weighted by molar-refractivity contribution is 14.1. The molecule has 0 amide bonds. The van der Waals surface area contributed by atoms with Gasteiger partial charge >= 0.3 is 0 Å². The van der Waals surface area contributed by atoms with Crippen molar-refractivity contribution >= 4 is 89.1 Å². The van der Waals surface area contributed by atoms with Gasteiger partial charge in [-0.1, -0.05) is 6.07 Å². The molecule has 2 aromatic carbocycles. The standard InChI is InChI=1S/C14H6Br2I2O2/c15-9-3-1-2-8(12(9)16)14(20)11-10(17)5-4-7(6-19)13(11)18/h1-6H. The van der Waals surface area contributed by atoms with Gasteiger partial charge in [-0.3, -0.25) is 9.59 Å². The zero-order chi connectivity index (χ0) is 14.9. The molecule has 0 aromatic heterocycles. The van der Waals surface area contributed by atoms with Crippen LogP contribution < -0.4 is 0 Å². The zero-order valence-corrected chi connectivity index (χ0v) is 17.3. The molecule has 2 nitrogen and oxygen atoms in total. The second-order valence-electron chi connectivity index (χ2n) is 3.87. The second-order valence-corrected chi connectivity index (χ2v) is 7.76. The first kappa shape index (κ1) is 16.6. The Morgan fingerprint density at radius 3 is 2.45 bits per heavy atom. The van der Waals surface area contributed by atoms with E-state index >= 15 is 0 Å². The predicted molar refractivity (Wildman–Crippen MR) is 103 cm³/mol. The molecular formula is C14H6Br2I2O2. The van der Waals surface area contributed by atoms with Gasteiger partial charge < -0.3 is 0 Å². The molecule has 0 bridgehead atoms. The number of hydrogen-bond donors (Lipinski definition) is 0. The van der Waals surface area contributed by atoms with Gasteiger partial charge in [0.1, 0.15) is 0 Å². The van der Waals surface area contributed by atoms with Crippen LogP contribution in [-0.2, 0) is 0 Å². The molecule has 6 heteroatoms. The topological polar surface area (TPSA) is 34.1 Å². The number of benzene rings is 2. The number of rotatable bonds is 3. The average Bonchev–Trinajstić information content (AvgIpc) is 2.42. The monoisotopic (exact) mass is 618 g/mol. The lowest BCUT2D eigenvalue weighted by molar-refractivity contribution is 0.103. The van der Waals surface area contributed by atoms with E-state index in [0.29, 0.717) is 24.7 Å². The molecule has 0 aliphatic heterocycles. The molecule has 0 aliphatic carbocycles. The number of hydrogen-bond acceptors (Lipinski definition) is 2. The molecule has 0 aliphatic rings. The molecule has 0 heterocycles. The van der Waals surface area contributed by atoms with Gasteiger partial charge in [0.2, 0.25) is 0 Å². The van der Waals surface area contributed by atoms with Crippen molar-refractivity contribution in [3.05, 3.63) is 63.1 Å². The molecular weight excluding hydrogens is 614 g/mol. The van der Waals surface area contributed by atoms with Crippen LogP contribution in [0.3, 0.4) is 0 Å². The minimum absolute atomic E-state index is 0.101. The minimum atomic E-state index is -0.101. The van der Waals surface area contributed by atoms with E-state index in [0.717, 1.165) is 14.3 Å². The normalized spacial score (nSPS) is 10.4. The van der Waals surface area contributed by atoms with E-state index in [1.807, 2.05) is 34.7 Å². The van der Waals surface area contributed by atoms with Crippen molar-refractivity contribution in [2.24, 2.45) is 0 Å². The summed E-state index contributed by atoms with van der Waals surface area (Å²) in [6.45, 7) is 0. The number of ketones is 1. The Labute approximate surface area is 160 Å². The summed E-state index contributed by atoms with van der Waals surface area (Å²) in [4.78, 5) is 23.8. The van der Waals surface area contributed by atoms with Crippen molar-refractivity contribution in [2.45, 2.75) is 0 Å². The maximum Gasteiger partial charge on any atom is 0.196 e. The van der Waals surface area contributed by atoms with Gasteiger partial charge in [-0.15, -0.1) is 0 Å². The van der Waals surface area contributed by atoms with Crippen LogP contribution in [0.4, 0.5) is 0 Å². The molecule has 0 saturated carbocycles. The largest absolute Gasteiger partial charge is 0.298 e. The van der Waals surface area contributed by atoms with Crippen LogP contribution >= 0.6 is 77.0 Å². The van der Waals surface area contributed by atoms with Crippen LogP contribution in [0.2, 0.25) is 0 Å². The Bertz CT molecular complexity index is 715. The summed E-state index contributed by atoms with van der Waals surface area (Å²) in [6.07, 6.45) is 0.768. The van der Waals surface area contributed by atoms with E-state index in [2.05, 4.69) is 54.5 Å². The molecule has 0 saturated heterocycles. The molecule has 0 atom stereocenters. The highest BCUT2D eigenvalue weighted by Crippen LogP contribution is 2.31. The molecule has 0 N–H and O–H groups in total. The predicted octanol–water partition coefficient (Wildman–Crippen LogP) is 5.46. The fourth-order valence-corrected chi connectivity index (χ4v) is 4.55. The number of carbonyl (C=O) groups excluding carboxylic acids is 2. The molecule has 0 radical (unpaired) electrons. The van der Waals surface area contributed by atoms with E-state index in [4.69, 9.17) is 0 Å². The van der Waals surface area contributed by atoms with Crippen LogP contribution in [0.5, 0.6) is 0 Å². The third kappa shape index (κ3) is 3.17. The van der Waals surface area contributed by atoms with Gasteiger partial charge in [0.25, 0.3) is 0 Å².